The van der Waals surface area contributed by atoms with Gasteiger partial charge in [0.2, 0.25) is 10.0 Å². The van der Waals surface area contributed by atoms with Crippen LogP contribution < -0.4 is 5.14 Å². The Balaban J connectivity index is 1.74. The second-order valence-corrected chi connectivity index (χ2v) is 10.5. The average Bonchev–Trinajstić information content (AvgIpc) is 3.10. The molecule has 5 N–H and O–H groups in total. The van der Waals surface area contributed by atoms with Crippen LogP contribution in [0.5, 0.6) is 0 Å². The molecule has 150 valence electrons. The Morgan fingerprint density at radius 3 is 2.71 bits per heavy atom. The SMILES string of the molecule is CC1c2cc(-c3c[nH]c4cc(F)ccc34)ccc2S(O)(O)N1CCS(N)(=O)=O. The topological polar surface area (TPSA) is 120 Å². The number of aromatic amines is 1. The van der Waals surface area contributed by atoms with Crippen LogP contribution in [0, 0.1) is 5.82 Å². The summed E-state index contributed by atoms with van der Waals surface area (Å²) >= 11 is 0. The molecule has 4 rings (SSSR count). The molecule has 1 unspecified atom stereocenters. The van der Waals surface area contributed by atoms with E-state index in [1.165, 1.54) is 16.4 Å². The first-order valence-electron chi connectivity index (χ1n) is 8.54. The summed E-state index contributed by atoms with van der Waals surface area (Å²) in [6.07, 6.45) is 1.78. The van der Waals surface area contributed by atoms with Crippen LogP contribution in [0.1, 0.15) is 18.5 Å². The molecule has 10 heteroatoms. The van der Waals surface area contributed by atoms with E-state index in [1.807, 2.05) is 6.07 Å². The van der Waals surface area contributed by atoms with E-state index < -0.39 is 26.8 Å². The van der Waals surface area contributed by atoms with Gasteiger partial charge in [0.15, 0.2) is 0 Å². The molecule has 0 aliphatic carbocycles. The van der Waals surface area contributed by atoms with Gasteiger partial charge < -0.3 is 4.98 Å². The van der Waals surface area contributed by atoms with Crippen LogP contribution in [-0.2, 0) is 10.0 Å². The molecule has 0 bridgehead atoms. The minimum Gasteiger partial charge on any atom is -0.360 e. The number of H-pyrrole nitrogens is 1. The summed E-state index contributed by atoms with van der Waals surface area (Å²) in [5.74, 6) is -0.704. The van der Waals surface area contributed by atoms with Gasteiger partial charge in [0.25, 0.3) is 0 Å². The Morgan fingerprint density at radius 1 is 1.25 bits per heavy atom. The molecule has 2 aromatic carbocycles. The van der Waals surface area contributed by atoms with E-state index in [0.717, 1.165) is 16.5 Å². The number of benzene rings is 2. The number of hydrogen-bond acceptors (Lipinski definition) is 5. The number of primary sulfonamides is 1. The van der Waals surface area contributed by atoms with Gasteiger partial charge in [-0.05, 0) is 48.4 Å². The first kappa shape index (κ1) is 19.4. The standard InChI is InChI=1S/C18H20FN3O4S2/c1-11-15-8-12(16-10-21-17-9-13(19)3-4-14(16)17)2-5-18(15)28(25,26)22(11)6-7-27(20,23)24/h2-5,8-11,21,25-26H,6-7H2,1H3,(H2,20,23,24). The van der Waals surface area contributed by atoms with Crippen molar-refractivity contribution in [3.63, 3.8) is 0 Å². The summed E-state index contributed by atoms with van der Waals surface area (Å²) in [5.41, 5.74) is 3.09. The lowest BCUT2D eigenvalue weighted by atomic mass is 9.99. The highest BCUT2D eigenvalue weighted by Crippen LogP contribution is 2.63. The molecule has 2 heterocycles. The number of nitrogens with one attached hydrogen (secondary N) is 1. The maximum absolute atomic E-state index is 13.4. The third-order valence-electron chi connectivity index (χ3n) is 5.06. The zero-order valence-corrected chi connectivity index (χ0v) is 16.6. The zero-order valence-electron chi connectivity index (χ0n) is 15.0. The predicted octanol–water partition coefficient (Wildman–Crippen LogP) is 3.66. The molecule has 0 saturated heterocycles. The van der Waals surface area contributed by atoms with Gasteiger partial charge in [0.05, 0.1) is 16.7 Å². The molecule has 1 aromatic heterocycles. The fourth-order valence-electron chi connectivity index (χ4n) is 3.67. The summed E-state index contributed by atoms with van der Waals surface area (Å²) in [6, 6.07) is 9.38. The molecule has 0 spiro atoms. The molecule has 7 nitrogen and oxygen atoms in total. The second kappa shape index (κ2) is 6.55. The van der Waals surface area contributed by atoms with Crippen molar-refractivity contribution in [2.24, 2.45) is 5.14 Å². The Hall–Kier alpha value is -1.95. The summed E-state index contributed by atoms with van der Waals surface area (Å²) in [6.45, 7) is 1.70. The molecule has 1 aliphatic rings. The molecular formula is C18H20FN3O4S2. The monoisotopic (exact) mass is 425 g/mol. The van der Waals surface area contributed by atoms with Gasteiger partial charge in [0.1, 0.15) is 5.82 Å². The lowest BCUT2D eigenvalue weighted by Gasteiger charge is -2.38. The quantitative estimate of drug-likeness (QED) is 0.508. The maximum atomic E-state index is 13.4. The predicted molar refractivity (Wildman–Crippen MR) is 108 cm³/mol. The second-order valence-electron chi connectivity index (χ2n) is 6.85. The van der Waals surface area contributed by atoms with E-state index in [0.29, 0.717) is 16.0 Å². The van der Waals surface area contributed by atoms with Crippen LogP contribution >= 0.6 is 10.8 Å². The Kier molecular flexibility index (Phi) is 4.53. The summed E-state index contributed by atoms with van der Waals surface area (Å²) in [5, 5.41) is 5.92. The first-order valence-corrected chi connectivity index (χ1v) is 11.8. The highest BCUT2D eigenvalue weighted by atomic mass is 32.3. The fourth-order valence-corrected chi connectivity index (χ4v) is 6.19. The van der Waals surface area contributed by atoms with E-state index in [1.54, 1.807) is 31.3 Å². The highest BCUT2D eigenvalue weighted by molar-refractivity contribution is 8.22. The molecule has 3 aromatic rings. The van der Waals surface area contributed by atoms with Crippen molar-refractivity contribution >= 4 is 31.7 Å². The number of rotatable bonds is 4. The molecule has 1 aliphatic heterocycles. The Labute approximate surface area is 163 Å². The van der Waals surface area contributed by atoms with E-state index in [-0.39, 0.29) is 18.1 Å². The lowest BCUT2D eigenvalue weighted by Crippen LogP contribution is -2.32. The van der Waals surface area contributed by atoms with Gasteiger partial charge >= 0.3 is 0 Å². The average molecular weight is 426 g/mol. The smallest absolute Gasteiger partial charge is 0.210 e. The van der Waals surface area contributed by atoms with Gasteiger partial charge in [-0.15, -0.1) is 10.8 Å². The Bertz CT molecular complexity index is 1180. The van der Waals surface area contributed by atoms with Crippen LogP contribution in [0.2, 0.25) is 0 Å². The minimum absolute atomic E-state index is 0.0846. The summed E-state index contributed by atoms with van der Waals surface area (Å²) in [7, 11) is -7.03. The number of halogens is 1. The van der Waals surface area contributed by atoms with Crippen molar-refractivity contribution in [2.45, 2.75) is 17.9 Å². The van der Waals surface area contributed by atoms with Gasteiger partial charge in [-0.1, -0.05) is 6.07 Å². The number of nitrogens with two attached hydrogens (primary N) is 1. The van der Waals surface area contributed by atoms with Gasteiger partial charge in [0, 0.05) is 29.2 Å². The van der Waals surface area contributed by atoms with Crippen LogP contribution in [0.15, 0.2) is 47.5 Å². The number of aromatic nitrogens is 1. The molecule has 1 atom stereocenters. The van der Waals surface area contributed by atoms with Crippen molar-refractivity contribution in [3.05, 3.63) is 54.0 Å². The molecule has 28 heavy (non-hydrogen) atoms. The van der Waals surface area contributed by atoms with E-state index in [9.17, 15) is 21.9 Å². The number of sulfonamides is 1. The third kappa shape index (κ3) is 3.21. The van der Waals surface area contributed by atoms with Gasteiger partial charge in [-0.2, -0.15) is 4.31 Å². The van der Waals surface area contributed by atoms with Crippen LogP contribution in [0.4, 0.5) is 4.39 Å². The van der Waals surface area contributed by atoms with Crippen molar-refractivity contribution < 1.29 is 21.9 Å². The molecular weight excluding hydrogens is 405 g/mol. The van der Waals surface area contributed by atoms with Crippen molar-refractivity contribution in [1.29, 1.82) is 0 Å². The van der Waals surface area contributed by atoms with Crippen molar-refractivity contribution in [2.75, 3.05) is 12.3 Å². The largest absolute Gasteiger partial charge is 0.360 e. The van der Waals surface area contributed by atoms with Crippen LogP contribution in [0.25, 0.3) is 22.0 Å². The van der Waals surface area contributed by atoms with Gasteiger partial charge in [-0.3, -0.25) is 9.11 Å². The first-order chi connectivity index (χ1) is 13.1. The van der Waals surface area contributed by atoms with Crippen molar-refractivity contribution in [3.8, 4) is 11.1 Å². The summed E-state index contributed by atoms with van der Waals surface area (Å²) < 4.78 is 58.8. The summed E-state index contributed by atoms with van der Waals surface area (Å²) in [4.78, 5) is 3.42. The van der Waals surface area contributed by atoms with Crippen LogP contribution in [0.3, 0.4) is 0 Å². The van der Waals surface area contributed by atoms with E-state index >= 15 is 0 Å². The number of hydrogen-bond donors (Lipinski definition) is 4. The lowest BCUT2D eigenvalue weighted by molar-refractivity contribution is 0.329. The number of nitrogens with zero attached hydrogens (tertiary/aromatic N) is 1. The normalized spacial score (nSPS) is 20.4. The zero-order chi connectivity index (χ0) is 20.3. The minimum atomic E-state index is -3.73. The Morgan fingerprint density at radius 2 is 2.00 bits per heavy atom. The van der Waals surface area contributed by atoms with Crippen LogP contribution in [-0.4, -0.2) is 39.1 Å². The molecule has 0 radical (unpaired) electrons. The van der Waals surface area contributed by atoms with Crippen molar-refractivity contribution in [1.82, 2.24) is 9.29 Å². The fraction of sp³-hybridized carbons (Fsp3) is 0.222. The molecule has 0 fully saturated rings. The molecule has 0 amide bonds. The van der Waals surface area contributed by atoms with E-state index in [4.69, 9.17) is 5.14 Å². The molecule has 0 saturated carbocycles. The van der Waals surface area contributed by atoms with Gasteiger partial charge in [-0.25, -0.2) is 17.9 Å². The number of fused-ring (bicyclic) bond motifs is 2. The third-order valence-corrected chi connectivity index (χ3v) is 7.93. The van der Waals surface area contributed by atoms with E-state index in [2.05, 4.69) is 4.98 Å². The maximum Gasteiger partial charge on any atom is 0.210 e. The highest BCUT2D eigenvalue weighted by Gasteiger charge is 2.40.